The van der Waals surface area contributed by atoms with Crippen LogP contribution in [0.4, 0.5) is 20.2 Å². The molecule has 0 aliphatic heterocycles. The van der Waals surface area contributed by atoms with E-state index in [1.807, 2.05) is 6.92 Å². The van der Waals surface area contributed by atoms with Crippen LogP contribution in [0, 0.1) is 18.6 Å². The van der Waals surface area contributed by atoms with Gasteiger partial charge >= 0.3 is 6.01 Å². The molecule has 1 aromatic carbocycles. The van der Waals surface area contributed by atoms with Crippen molar-refractivity contribution in [2.45, 2.75) is 6.92 Å². The van der Waals surface area contributed by atoms with Gasteiger partial charge in [0.25, 0.3) is 5.88 Å². The average Bonchev–Trinajstić information content (AvgIpc) is 2.82. The van der Waals surface area contributed by atoms with Crippen molar-refractivity contribution in [3.05, 3.63) is 54.0 Å². The fourth-order valence-corrected chi connectivity index (χ4v) is 2.32. The van der Waals surface area contributed by atoms with E-state index in [0.29, 0.717) is 5.69 Å². The first-order valence-corrected chi connectivity index (χ1v) is 7.14. The van der Waals surface area contributed by atoms with Gasteiger partial charge in [-0.25, -0.2) is 18.7 Å². The Kier molecular flexibility index (Phi) is 4.11. The van der Waals surface area contributed by atoms with Gasteiger partial charge in [0.1, 0.15) is 17.3 Å². The highest BCUT2D eigenvalue weighted by molar-refractivity contribution is 5.70. The predicted molar refractivity (Wildman–Crippen MR) is 84.5 cm³/mol. The minimum absolute atomic E-state index is 0.129. The van der Waals surface area contributed by atoms with Gasteiger partial charge in [-0.05, 0) is 25.1 Å². The first kappa shape index (κ1) is 15.9. The molecule has 0 bridgehead atoms. The third-order valence-electron chi connectivity index (χ3n) is 3.61. The largest absolute Gasteiger partial charge is 0.401 e. The summed E-state index contributed by atoms with van der Waals surface area (Å²) >= 11 is 0. The first-order valence-electron chi connectivity index (χ1n) is 7.14. The van der Waals surface area contributed by atoms with Crippen molar-refractivity contribution in [1.82, 2.24) is 19.7 Å². The molecular weight excluding hydrogens is 316 g/mol. The molecule has 6 nitrogen and oxygen atoms in total. The van der Waals surface area contributed by atoms with Crippen LogP contribution in [-0.4, -0.2) is 26.8 Å². The molecule has 3 rings (SSSR count). The van der Waals surface area contributed by atoms with Crippen LogP contribution in [0.2, 0.25) is 0 Å². The molecule has 0 fully saturated rings. The van der Waals surface area contributed by atoms with Crippen LogP contribution in [0.15, 0.2) is 36.7 Å². The molecule has 0 unspecified atom stereocenters. The Hall–Kier alpha value is -3.03. The van der Waals surface area contributed by atoms with Crippen LogP contribution >= 0.6 is 0 Å². The van der Waals surface area contributed by atoms with E-state index in [0.717, 1.165) is 11.8 Å². The van der Waals surface area contributed by atoms with Crippen LogP contribution in [0.1, 0.15) is 5.69 Å². The second-order valence-corrected chi connectivity index (χ2v) is 5.15. The number of nitrogens with zero attached hydrogens (tertiary/aromatic N) is 5. The third kappa shape index (κ3) is 2.90. The van der Waals surface area contributed by atoms with E-state index >= 15 is 0 Å². The molecule has 0 aliphatic carbocycles. The standard InChI is InChI=1S/C16H15F2N5O/c1-10-14(22(2)13-6-5-11(17)9-12(13)18)15(21-23(10)3)24-16-19-7-4-8-20-16/h4-9H,1-3H3. The van der Waals surface area contributed by atoms with Gasteiger partial charge in [-0.15, -0.1) is 5.10 Å². The smallest absolute Gasteiger partial charge is 0.323 e. The Bertz CT molecular complexity index is 866. The number of benzene rings is 1. The van der Waals surface area contributed by atoms with Crippen LogP contribution in [0.25, 0.3) is 0 Å². The molecular formula is C16H15F2N5O. The third-order valence-corrected chi connectivity index (χ3v) is 3.61. The maximum atomic E-state index is 14.1. The summed E-state index contributed by atoms with van der Waals surface area (Å²) in [5.41, 5.74) is 1.48. The van der Waals surface area contributed by atoms with E-state index in [1.54, 1.807) is 42.1 Å². The monoisotopic (exact) mass is 331 g/mol. The normalized spacial score (nSPS) is 10.7. The number of hydrogen-bond donors (Lipinski definition) is 0. The average molecular weight is 331 g/mol. The molecule has 3 aromatic rings. The van der Waals surface area contributed by atoms with E-state index in [4.69, 9.17) is 4.74 Å². The summed E-state index contributed by atoms with van der Waals surface area (Å²) in [5.74, 6) is -1.09. The molecule has 0 radical (unpaired) electrons. The summed E-state index contributed by atoms with van der Waals surface area (Å²) in [7, 11) is 3.39. The molecule has 0 saturated heterocycles. The van der Waals surface area contributed by atoms with Crippen molar-refractivity contribution in [2.24, 2.45) is 7.05 Å². The summed E-state index contributed by atoms with van der Waals surface area (Å²) in [6.07, 6.45) is 3.09. The van der Waals surface area contributed by atoms with Gasteiger partial charge in [0, 0.05) is 32.6 Å². The van der Waals surface area contributed by atoms with Gasteiger partial charge in [0.2, 0.25) is 0 Å². The van der Waals surface area contributed by atoms with Crippen LogP contribution in [0.5, 0.6) is 11.9 Å². The molecule has 0 amide bonds. The van der Waals surface area contributed by atoms with Crippen molar-refractivity contribution in [1.29, 1.82) is 0 Å². The van der Waals surface area contributed by atoms with E-state index in [-0.39, 0.29) is 17.6 Å². The maximum absolute atomic E-state index is 14.1. The highest BCUT2D eigenvalue weighted by Crippen LogP contribution is 2.37. The maximum Gasteiger partial charge on any atom is 0.323 e. The molecule has 0 saturated carbocycles. The minimum Gasteiger partial charge on any atom is -0.401 e. The second kappa shape index (κ2) is 6.23. The van der Waals surface area contributed by atoms with Crippen molar-refractivity contribution >= 4 is 11.4 Å². The lowest BCUT2D eigenvalue weighted by Crippen LogP contribution is -2.13. The van der Waals surface area contributed by atoms with Gasteiger partial charge in [-0.2, -0.15) is 0 Å². The second-order valence-electron chi connectivity index (χ2n) is 5.15. The van der Waals surface area contributed by atoms with Gasteiger partial charge in [-0.1, -0.05) is 0 Å². The molecule has 24 heavy (non-hydrogen) atoms. The molecule has 0 N–H and O–H groups in total. The number of hydrogen-bond acceptors (Lipinski definition) is 5. The zero-order valence-corrected chi connectivity index (χ0v) is 13.4. The zero-order valence-electron chi connectivity index (χ0n) is 13.4. The Morgan fingerprint density at radius 3 is 2.54 bits per heavy atom. The number of anilines is 2. The summed E-state index contributed by atoms with van der Waals surface area (Å²) < 4.78 is 34.5. The lowest BCUT2D eigenvalue weighted by atomic mass is 10.2. The summed E-state index contributed by atoms with van der Waals surface area (Å²) in [5, 5.41) is 4.28. The zero-order chi connectivity index (χ0) is 17.3. The minimum atomic E-state index is -0.678. The number of aromatic nitrogens is 4. The summed E-state index contributed by atoms with van der Waals surface area (Å²) in [4.78, 5) is 9.53. The number of ether oxygens (including phenoxy) is 1. The Morgan fingerprint density at radius 2 is 1.88 bits per heavy atom. The highest BCUT2D eigenvalue weighted by Gasteiger charge is 2.22. The molecule has 2 aromatic heterocycles. The lowest BCUT2D eigenvalue weighted by Gasteiger charge is -2.20. The van der Waals surface area contributed by atoms with Gasteiger partial charge in [0.15, 0.2) is 0 Å². The molecule has 0 atom stereocenters. The fourth-order valence-electron chi connectivity index (χ4n) is 2.32. The molecule has 2 heterocycles. The molecule has 8 heteroatoms. The van der Waals surface area contributed by atoms with Crippen LogP contribution < -0.4 is 9.64 Å². The molecule has 124 valence electrons. The van der Waals surface area contributed by atoms with E-state index in [1.165, 1.54) is 12.1 Å². The number of rotatable bonds is 4. The van der Waals surface area contributed by atoms with Gasteiger partial charge in [-0.3, -0.25) is 4.68 Å². The lowest BCUT2D eigenvalue weighted by molar-refractivity contribution is 0.419. The number of aryl methyl sites for hydroxylation is 1. The first-order chi connectivity index (χ1) is 11.5. The van der Waals surface area contributed by atoms with Crippen molar-refractivity contribution in [3.8, 4) is 11.9 Å². The Labute approximate surface area is 137 Å². The SMILES string of the molecule is Cc1c(N(C)c2ccc(F)cc2F)c(Oc2ncccn2)nn1C. The van der Waals surface area contributed by atoms with E-state index in [9.17, 15) is 8.78 Å². The van der Waals surface area contributed by atoms with E-state index in [2.05, 4.69) is 15.1 Å². The van der Waals surface area contributed by atoms with Crippen molar-refractivity contribution in [3.63, 3.8) is 0 Å². The molecule has 0 spiro atoms. The van der Waals surface area contributed by atoms with Crippen LogP contribution in [0.3, 0.4) is 0 Å². The van der Waals surface area contributed by atoms with E-state index < -0.39 is 11.6 Å². The van der Waals surface area contributed by atoms with Crippen molar-refractivity contribution < 1.29 is 13.5 Å². The van der Waals surface area contributed by atoms with Gasteiger partial charge < -0.3 is 9.64 Å². The van der Waals surface area contributed by atoms with Gasteiger partial charge in [0.05, 0.1) is 11.4 Å². The topological polar surface area (TPSA) is 56.1 Å². The van der Waals surface area contributed by atoms with Crippen molar-refractivity contribution in [2.75, 3.05) is 11.9 Å². The highest BCUT2D eigenvalue weighted by atomic mass is 19.1. The van der Waals surface area contributed by atoms with Crippen LogP contribution in [-0.2, 0) is 7.05 Å². The molecule has 0 aliphatic rings. The quantitative estimate of drug-likeness (QED) is 0.734. The number of halogens is 2. The Morgan fingerprint density at radius 1 is 1.17 bits per heavy atom. The predicted octanol–water partition coefficient (Wildman–Crippen LogP) is 3.36. The summed E-state index contributed by atoms with van der Waals surface area (Å²) in [6, 6.07) is 5.18. The summed E-state index contributed by atoms with van der Waals surface area (Å²) in [6.45, 7) is 1.82. The Balaban J connectivity index is 2.03. The fraction of sp³-hybridized carbons (Fsp3) is 0.188.